The molecule has 1 N–H and O–H groups in total. The molecular formula is C20H32N2O4S. The Bertz CT molecular complexity index is 715. The number of carbonyl (C=O) groups excluding carboxylic acids is 1. The number of hydrogen-bond donors (Lipinski definition) is 1. The Labute approximate surface area is 163 Å². The fourth-order valence-corrected chi connectivity index (χ4v) is 4.01. The molecule has 0 radical (unpaired) electrons. The summed E-state index contributed by atoms with van der Waals surface area (Å²) < 4.78 is 30.9. The van der Waals surface area contributed by atoms with E-state index in [9.17, 15) is 13.2 Å². The second kappa shape index (κ2) is 9.06. The number of hydrogen-bond acceptors (Lipinski definition) is 4. The molecule has 0 atom stereocenters. The molecule has 1 saturated heterocycles. The number of nitrogens with zero attached hydrogens (tertiary/aromatic N) is 1. The number of benzene rings is 1. The fraction of sp³-hybridized carbons (Fsp3) is 0.650. The lowest BCUT2D eigenvalue weighted by atomic mass is 9.87. The SMILES string of the molecule is CC(C)(C)c1ccc(OCCCC(=O)N2CCC(NS(C)(=O)=O)CC2)cc1. The van der Waals surface area contributed by atoms with Gasteiger partial charge in [-0.25, -0.2) is 13.1 Å². The van der Waals surface area contributed by atoms with E-state index in [0.717, 1.165) is 5.75 Å². The number of amides is 1. The van der Waals surface area contributed by atoms with Gasteiger partial charge in [0.2, 0.25) is 15.9 Å². The molecule has 1 heterocycles. The van der Waals surface area contributed by atoms with Crippen LogP contribution in [0, 0.1) is 0 Å². The molecule has 2 rings (SSSR count). The number of piperidine rings is 1. The van der Waals surface area contributed by atoms with Crippen LogP contribution < -0.4 is 9.46 Å². The number of carbonyl (C=O) groups is 1. The molecule has 1 aliphatic rings. The molecule has 1 fully saturated rings. The number of sulfonamides is 1. The predicted octanol–water partition coefficient (Wildman–Crippen LogP) is 2.68. The first-order valence-corrected chi connectivity index (χ1v) is 11.4. The van der Waals surface area contributed by atoms with Crippen molar-refractivity contribution in [3.05, 3.63) is 29.8 Å². The largest absolute Gasteiger partial charge is 0.494 e. The van der Waals surface area contributed by atoms with Crippen LogP contribution in [0.15, 0.2) is 24.3 Å². The Kier molecular flexibility index (Phi) is 7.28. The molecule has 27 heavy (non-hydrogen) atoms. The van der Waals surface area contributed by atoms with E-state index >= 15 is 0 Å². The van der Waals surface area contributed by atoms with Gasteiger partial charge in [0.05, 0.1) is 12.9 Å². The van der Waals surface area contributed by atoms with Crippen molar-refractivity contribution in [3.63, 3.8) is 0 Å². The van der Waals surface area contributed by atoms with Crippen LogP contribution in [0.25, 0.3) is 0 Å². The van der Waals surface area contributed by atoms with Crippen molar-refractivity contribution in [2.75, 3.05) is 26.0 Å². The standard InChI is InChI=1S/C20H32N2O4S/c1-20(2,3)16-7-9-18(10-8-16)26-15-5-6-19(23)22-13-11-17(12-14-22)21-27(4,24)25/h7-10,17,21H,5-6,11-15H2,1-4H3. The number of ether oxygens (including phenoxy) is 1. The van der Waals surface area contributed by atoms with Gasteiger partial charge in [-0.3, -0.25) is 4.79 Å². The molecule has 0 saturated carbocycles. The zero-order valence-corrected chi connectivity index (χ0v) is 17.6. The van der Waals surface area contributed by atoms with Gasteiger partial charge in [-0.2, -0.15) is 0 Å². The molecule has 152 valence electrons. The van der Waals surface area contributed by atoms with Crippen LogP contribution in [0.5, 0.6) is 5.75 Å². The van der Waals surface area contributed by atoms with Crippen molar-refractivity contribution >= 4 is 15.9 Å². The maximum atomic E-state index is 12.3. The van der Waals surface area contributed by atoms with Crippen molar-refractivity contribution in [2.45, 2.75) is 57.9 Å². The molecule has 0 aliphatic carbocycles. The first-order valence-electron chi connectivity index (χ1n) is 9.53. The average molecular weight is 397 g/mol. The quantitative estimate of drug-likeness (QED) is 0.719. The average Bonchev–Trinajstić information content (AvgIpc) is 2.57. The summed E-state index contributed by atoms with van der Waals surface area (Å²) in [5, 5.41) is 0. The van der Waals surface area contributed by atoms with Crippen molar-refractivity contribution in [1.82, 2.24) is 9.62 Å². The summed E-state index contributed by atoms with van der Waals surface area (Å²) >= 11 is 0. The minimum absolute atomic E-state index is 0.0662. The van der Waals surface area contributed by atoms with Crippen LogP contribution in [0.3, 0.4) is 0 Å². The molecule has 1 amide bonds. The minimum Gasteiger partial charge on any atom is -0.494 e. The Balaban J connectivity index is 1.67. The lowest BCUT2D eigenvalue weighted by molar-refractivity contribution is -0.132. The van der Waals surface area contributed by atoms with Gasteiger partial charge < -0.3 is 9.64 Å². The molecule has 1 aliphatic heterocycles. The summed E-state index contributed by atoms with van der Waals surface area (Å²) in [5.74, 6) is 0.933. The Hall–Kier alpha value is -1.60. The number of likely N-dealkylation sites (tertiary alicyclic amines) is 1. The van der Waals surface area contributed by atoms with Crippen molar-refractivity contribution in [3.8, 4) is 5.75 Å². The number of rotatable bonds is 7. The predicted molar refractivity (Wildman–Crippen MR) is 107 cm³/mol. The lowest BCUT2D eigenvalue weighted by Gasteiger charge is -2.32. The third-order valence-electron chi connectivity index (χ3n) is 4.75. The van der Waals surface area contributed by atoms with Crippen LogP contribution in [-0.4, -0.2) is 51.2 Å². The smallest absolute Gasteiger partial charge is 0.222 e. The van der Waals surface area contributed by atoms with Gasteiger partial charge in [-0.1, -0.05) is 32.9 Å². The fourth-order valence-electron chi connectivity index (χ4n) is 3.17. The molecule has 0 bridgehead atoms. The van der Waals surface area contributed by atoms with E-state index in [1.165, 1.54) is 11.8 Å². The van der Waals surface area contributed by atoms with Crippen LogP contribution >= 0.6 is 0 Å². The minimum atomic E-state index is -3.19. The van der Waals surface area contributed by atoms with Gasteiger partial charge in [0.15, 0.2) is 0 Å². The summed E-state index contributed by atoms with van der Waals surface area (Å²) in [7, 11) is -3.19. The van der Waals surface area contributed by atoms with Gasteiger partial charge in [0.25, 0.3) is 0 Å². The molecular weight excluding hydrogens is 364 g/mol. The monoisotopic (exact) mass is 396 g/mol. The first kappa shape index (κ1) is 21.7. The summed E-state index contributed by atoms with van der Waals surface area (Å²) in [6.45, 7) is 8.23. The van der Waals surface area contributed by atoms with E-state index in [1.54, 1.807) is 0 Å². The zero-order chi connectivity index (χ0) is 20.1. The van der Waals surface area contributed by atoms with Crippen LogP contribution in [0.2, 0.25) is 0 Å². The summed E-state index contributed by atoms with van der Waals surface area (Å²) in [5.41, 5.74) is 1.38. The molecule has 6 nitrogen and oxygen atoms in total. The highest BCUT2D eigenvalue weighted by atomic mass is 32.2. The zero-order valence-electron chi connectivity index (χ0n) is 16.8. The maximum absolute atomic E-state index is 12.3. The van der Waals surface area contributed by atoms with E-state index in [1.807, 2.05) is 17.0 Å². The van der Waals surface area contributed by atoms with Gasteiger partial charge >= 0.3 is 0 Å². The van der Waals surface area contributed by atoms with E-state index in [4.69, 9.17) is 4.74 Å². The second-order valence-corrected chi connectivity index (χ2v) is 10.1. The van der Waals surface area contributed by atoms with Crippen molar-refractivity contribution < 1.29 is 17.9 Å². The van der Waals surface area contributed by atoms with E-state index < -0.39 is 10.0 Å². The molecule has 0 aromatic heterocycles. The van der Waals surface area contributed by atoms with Gasteiger partial charge in [0.1, 0.15) is 5.75 Å². The lowest BCUT2D eigenvalue weighted by Crippen LogP contribution is -2.46. The summed E-state index contributed by atoms with van der Waals surface area (Å²) in [6.07, 6.45) is 3.61. The molecule has 1 aromatic rings. The van der Waals surface area contributed by atoms with E-state index in [-0.39, 0.29) is 17.4 Å². The molecule has 0 spiro atoms. The number of nitrogens with one attached hydrogen (secondary N) is 1. The molecule has 0 unspecified atom stereocenters. The Morgan fingerprint density at radius 1 is 1.19 bits per heavy atom. The Morgan fingerprint density at radius 3 is 2.30 bits per heavy atom. The maximum Gasteiger partial charge on any atom is 0.222 e. The summed E-state index contributed by atoms with van der Waals surface area (Å²) in [4.78, 5) is 14.1. The third-order valence-corrected chi connectivity index (χ3v) is 5.51. The van der Waals surface area contributed by atoms with E-state index in [0.29, 0.717) is 45.4 Å². The van der Waals surface area contributed by atoms with Crippen molar-refractivity contribution in [1.29, 1.82) is 0 Å². The highest BCUT2D eigenvalue weighted by molar-refractivity contribution is 7.88. The van der Waals surface area contributed by atoms with Crippen LogP contribution in [-0.2, 0) is 20.2 Å². The second-order valence-electron chi connectivity index (χ2n) is 8.27. The van der Waals surface area contributed by atoms with Gasteiger partial charge in [-0.05, 0) is 42.4 Å². The Morgan fingerprint density at radius 2 is 1.78 bits per heavy atom. The normalized spacial score (nSPS) is 16.4. The highest BCUT2D eigenvalue weighted by Crippen LogP contribution is 2.24. The van der Waals surface area contributed by atoms with Crippen molar-refractivity contribution in [2.24, 2.45) is 0 Å². The van der Waals surface area contributed by atoms with Crippen LogP contribution in [0.1, 0.15) is 52.0 Å². The summed E-state index contributed by atoms with van der Waals surface area (Å²) in [6, 6.07) is 8.04. The highest BCUT2D eigenvalue weighted by Gasteiger charge is 2.24. The van der Waals surface area contributed by atoms with E-state index in [2.05, 4.69) is 37.6 Å². The van der Waals surface area contributed by atoms with Crippen LogP contribution in [0.4, 0.5) is 0 Å². The molecule has 1 aromatic carbocycles. The topological polar surface area (TPSA) is 75.7 Å². The first-order chi connectivity index (χ1) is 12.5. The molecule has 7 heteroatoms. The van der Waals surface area contributed by atoms with Gasteiger partial charge in [-0.15, -0.1) is 0 Å². The van der Waals surface area contributed by atoms with Gasteiger partial charge in [0, 0.05) is 25.6 Å². The third kappa shape index (κ3) is 7.50.